The van der Waals surface area contributed by atoms with Crippen LogP contribution in [0.25, 0.3) is 5.69 Å². The highest BCUT2D eigenvalue weighted by atomic mass is 16.1. The average Bonchev–Trinajstić information content (AvgIpc) is 2.90. The first-order chi connectivity index (χ1) is 11.6. The molecule has 0 fully saturated rings. The molecule has 0 aliphatic rings. The van der Waals surface area contributed by atoms with Crippen molar-refractivity contribution in [1.29, 1.82) is 5.26 Å². The van der Waals surface area contributed by atoms with E-state index in [0.717, 1.165) is 11.4 Å². The summed E-state index contributed by atoms with van der Waals surface area (Å²) in [6, 6.07) is 18.6. The third kappa shape index (κ3) is 2.90. The minimum Gasteiger partial charge on any atom is -0.322 e. The van der Waals surface area contributed by atoms with Crippen molar-refractivity contribution in [3.05, 3.63) is 77.1 Å². The number of hydrogen-bond acceptors (Lipinski definition) is 3. The summed E-state index contributed by atoms with van der Waals surface area (Å²) in [7, 11) is 0. The molecule has 3 rings (SSSR count). The molecule has 0 radical (unpaired) electrons. The highest BCUT2D eigenvalue weighted by molar-refractivity contribution is 6.06. The van der Waals surface area contributed by atoms with E-state index in [0.29, 0.717) is 22.5 Å². The van der Waals surface area contributed by atoms with Gasteiger partial charge in [0.2, 0.25) is 0 Å². The number of nitrogens with zero attached hydrogens (tertiary/aromatic N) is 3. The highest BCUT2D eigenvalue weighted by Crippen LogP contribution is 2.20. The molecule has 1 heterocycles. The summed E-state index contributed by atoms with van der Waals surface area (Å²) in [5, 5.41) is 16.3. The summed E-state index contributed by atoms with van der Waals surface area (Å²) < 4.78 is 1.76. The Hall–Kier alpha value is -3.39. The Morgan fingerprint density at radius 2 is 1.88 bits per heavy atom. The lowest BCUT2D eigenvalue weighted by molar-refractivity contribution is 0.102. The van der Waals surface area contributed by atoms with Gasteiger partial charge in [0, 0.05) is 5.69 Å². The molecule has 0 spiro atoms. The molecule has 5 heteroatoms. The van der Waals surface area contributed by atoms with E-state index in [1.165, 1.54) is 0 Å². The van der Waals surface area contributed by atoms with Crippen molar-refractivity contribution in [2.24, 2.45) is 0 Å². The molecular formula is C19H16N4O. The molecule has 0 atom stereocenters. The second-order valence-electron chi connectivity index (χ2n) is 5.44. The van der Waals surface area contributed by atoms with Crippen LogP contribution in [0.15, 0.2) is 54.6 Å². The number of para-hydroxylation sites is 1. The van der Waals surface area contributed by atoms with Gasteiger partial charge < -0.3 is 5.32 Å². The molecule has 1 amide bonds. The Morgan fingerprint density at radius 1 is 1.12 bits per heavy atom. The van der Waals surface area contributed by atoms with Crippen molar-refractivity contribution in [2.45, 2.75) is 13.8 Å². The number of aromatic nitrogens is 2. The van der Waals surface area contributed by atoms with Gasteiger partial charge in [0.05, 0.1) is 34.3 Å². The van der Waals surface area contributed by atoms with Gasteiger partial charge in [-0.1, -0.05) is 24.3 Å². The van der Waals surface area contributed by atoms with E-state index in [1.54, 1.807) is 28.9 Å². The van der Waals surface area contributed by atoms with Gasteiger partial charge in [-0.3, -0.25) is 4.79 Å². The first-order valence-electron chi connectivity index (χ1n) is 7.53. The third-order valence-corrected chi connectivity index (χ3v) is 3.77. The van der Waals surface area contributed by atoms with E-state index in [4.69, 9.17) is 5.26 Å². The fourth-order valence-corrected chi connectivity index (χ4v) is 2.65. The molecule has 0 aliphatic heterocycles. The van der Waals surface area contributed by atoms with Gasteiger partial charge >= 0.3 is 0 Å². The van der Waals surface area contributed by atoms with Crippen molar-refractivity contribution in [3.63, 3.8) is 0 Å². The molecule has 24 heavy (non-hydrogen) atoms. The van der Waals surface area contributed by atoms with Crippen molar-refractivity contribution in [2.75, 3.05) is 5.32 Å². The fourth-order valence-electron chi connectivity index (χ4n) is 2.65. The SMILES string of the molecule is Cc1nn(-c2ccccc2)c(C)c1C(=O)Nc1cccc(C#N)c1. The Bertz CT molecular complexity index is 936. The normalized spacial score (nSPS) is 10.2. The van der Waals surface area contributed by atoms with E-state index in [-0.39, 0.29) is 5.91 Å². The standard InChI is InChI=1S/C19H16N4O/c1-13-18(14(2)23(22-13)17-9-4-3-5-10-17)19(24)21-16-8-6-7-15(11-16)12-20/h3-11H,1-2H3,(H,21,24). The van der Waals surface area contributed by atoms with Crippen LogP contribution in [0.1, 0.15) is 27.3 Å². The summed E-state index contributed by atoms with van der Waals surface area (Å²) in [4.78, 5) is 12.7. The highest BCUT2D eigenvalue weighted by Gasteiger charge is 2.19. The second kappa shape index (κ2) is 6.39. The van der Waals surface area contributed by atoms with Crippen LogP contribution in [0.2, 0.25) is 0 Å². The number of nitriles is 1. The van der Waals surface area contributed by atoms with E-state index in [9.17, 15) is 4.79 Å². The topological polar surface area (TPSA) is 70.7 Å². The van der Waals surface area contributed by atoms with E-state index in [2.05, 4.69) is 16.5 Å². The summed E-state index contributed by atoms with van der Waals surface area (Å²) in [5.74, 6) is -0.234. The van der Waals surface area contributed by atoms with Gasteiger partial charge in [0.15, 0.2) is 0 Å². The smallest absolute Gasteiger partial charge is 0.259 e. The Morgan fingerprint density at radius 3 is 2.58 bits per heavy atom. The molecule has 1 aromatic heterocycles. The van der Waals surface area contributed by atoms with Crippen LogP contribution in [0.3, 0.4) is 0 Å². The number of hydrogen-bond donors (Lipinski definition) is 1. The maximum absolute atomic E-state index is 12.7. The van der Waals surface area contributed by atoms with Gasteiger partial charge in [0.25, 0.3) is 5.91 Å². The molecule has 1 N–H and O–H groups in total. The van der Waals surface area contributed by atoms with Crippen molar-refractivity contribution in [3.8, 4) is 11.8 Å². The summed E-state index contributed by atoms with van der Waals surface area (Å²) >= 11 is 0. The Balaban J connectivity index is 1.93. The largest absolute Gasteiger partial charge is 0.322 e. The molecule has 0 unspecified atom stereocenters. The second-order valence-corrected chi connectivity index (χ2v) is 5.44. The predicted molar refractivity (Wildman–Crippen MR) is 92.1 cm³/mol. The van der Waals surface area contributed by atoms with E-state index < -0.39 is 0 Å². The molecule has 0 bridgehead atoms. The summed E-state index contributed by atoms with van der Waals surface area (Å²) in [6.45, 7) is 3.68. The molecule has 3 aromatic rings. The fraction of sp³-hybridized carbons (Fsp3) is 0.105. The summed E-state index contributed by atoms with van der Waals surface area (Å²) in [5.41, 5.74) is 3.97. The molecule has 0 saturated carbocycles. The lowest BCUT2D eigenvalue weighted by atomic mass is 10.1. The van der Waals surface area contributed by atoms with E-state index >= 15 is 0 Å². The van der Waals surface area contributed by atoms with Gasteiger partial charge in [-0.2, -0.15) is 10.4 Å². The predicted octanol–water partition coefficient (Wildman–Crippen LogP) is 3.61. The monoisotopic (exact) mass is 316 g/mol. The van der Waals surface area contributed by atoms with Crippen LogP contribution in [0.4, 0.5) is 5.69 Å². The number of rotatable bonds is 3. The quantitative estimate of drug-likeness (QED) is 0.802. The summed E-state index contributed by atoms with van der Waals surface area (Å²) in [6.07, 6.45) is 0. The van der Waals surface area contributed by atoms with Crippen LogP contribution in [-0.2, 0) is 0 Å². The zero-order valence-electron chi connectivity index (χ0n) is 13.4. The Labute approximate surface area is 140 Å². The minimum atomic E-state index is -0.234. The third-order valence-electron chi connectivity index (χ3n) is 3.77. The zero-order valence-corrected chi connectivity index (χ0v) is 13.4. The molecule has 0 saturated heterocycles. The van der Waals surface area contributed by atoms with Crippen LogP contribution < -0.4 is 5.32 Å². The van der Waals surface area contributed by atoms with Gasteiger partial charge in [0.1, 0.15) is 0 Å². The van der Waals surface area contributed by atoms with Crippen LogP contribution in [-0.4, -0.2) is 15.7 Å². The molecule has 118 valence electrons. The first-order valence-corrected chi connectivity index (χ1v) is 7.53. The van der Waals surface area contributed by atoms with Crippen molar-refractivity contribution >= 4 is 11.6 Å². The number of carbonyl (C=O) groups excluding carboxylic acids is 1. The van der Waals surface area contributed by atoms with Crippen LogP contribution in [0.5, 0.6) is 0 Å². The Kier molecular flexibility index (Phi) is 4.13. The first kappa shape index (κ1) is 15.5. The molecule has 5 nitrogen and oxygen atoms in total. The van der Waals surface area contributed by atoms with Crippen LogP contribution >= 0.6 is 0 Å². The van der Waals surface area contributed by atoms with E-state index in [1.807, 2.05) is 44.2 Å². The maximum Gasteiger partial charge on any atom is 0.259 e. The van der Waals surface area contributed by atoms with Crippen molar-refractivity contribution < 1.29 is 4.79 Å². The number of carbonyl (C=O) groups is 1. The number of anilines is 1. The molecule has 0 aliphatic carbocycles. The zero-order chi connectivity index (χ0) is 17.1. The van der Waals surface area contributed by atoms with Gasteiger partial charge in [-0.25, -0.2) is 4.68 Å². The van der Waals surface area contributed by atoms with Gasteiger partial charge in [-0.15, -0.1) is 0 Å². The molecular weight excluding hydrogens is 300 g/mol. The number of aryl methyl sites for hydroxylation is 1. The lowest BCUT2D eigenvalue weighted by Crippen LogP contribution is -2.14. The maximum atomic E-state index is 12.7. The van der Waals surface area contributed by atoms with Crippen molar-refractivity contribution in [1.82, 2.24) is 9.78 Å². The molecule has 2 aromatic carbocycles. The van der Waals surface area contributed by atoms with Crippen LogP contribution in [0, 0.1) is 25.2 Å². The number of benzene rings is 2. The average molecular weight is 316 g/mol. The number of amides is 1. The number of nitrogens with one attached hydrogen (secondary N) is 1. The minimum absolute atomic E-state index is 0.234. The lowest BCUT2D eigenvalue weighted by Gasteiger charge is -2.07. The van der Waals surface area contributed by atoms with Gasteiger partial charge in [-0.05, 0) is 44.2 Å².